The molecule has 1 aromatic rings. The molecule has 1 N–H and O–H groups in total. The maximum Gasteiger partial charge on any atom is 0.354 e. The van der Waals surface area contributed by atoms with E-state index >= 15 is 0 Å². The van der Waals surface area contributed by atoms with E-state index in [4.69, 9.17) is 5.11 Å². The number of pyridine rings is 1. The van der Waals surface area contributed by atoms with Crippen LogP contribution in [0.25, 0.3) is 0 Å². The van der Waals surface area contributed by atoms with Crippen LogP contribution < -0.4 is 0 Å². The maximum absolute atomic E-state index is 12.2. The largest absolute Gasteiger partial charge is 0.477 e. The highest BCUT2D eigenvalue weighted by atomic mass is 16.4. The Morgan fingerprint density at radius 1 is 1.28 bits per heavy atom. The van der Waals surface area contributed by atoms with Crippen molar-refractivity contribution in [2.45, 2.75) is 26.7 Å². The summed E-state index contributed by atoms with van der Waals surface area (Å²) in [6.45, 7) is 5.37. The summed E-state index contributed by atoms with van der Waals surface area (Å²) in [5.41, 5.74) is 0.276. The number of carboxylic acid groups (broad SMARTS) is 1. The zero-order chi connectivity index (χ0) is 13.5. The lowest BCUT2D eigenvalue weighted by Crippen LogP contribution is -2.32. The lowest BCUT2D eigenvalue weighted by atomic mass is 10.2. The summed E-state index contributed by atoms with van der Waals surface area (Å²) in [5.74, 6) is -1.26. The molecule has 0 aliphatic heterocycles. The molecule has 1 heterocycles. The third kappa shape index (κ3) is 3.55. The van der Waals surface area contributed by atoms with E-state index in [1.54, 1.807) is 11.0 Å². The number of hydrogen-bond acceptors (Lipinski definition) is 3. The van der Waals surface area contributed by atoms with Gasteiger partial charge in [0, 0.05) is 24.8 Å². The van der Waals surface area contributed by atoms with Crippen molar-refractivity contribution in [1.29, 1.82) is 0 Å². The van der Waals surface area contributed by atoms with Gasteiger partial charge in [-0.2, -0.15) is 0 Å². The number of carbonyl (C=O) groups is 2. The van der Waals surface area contributed by atoms with Crippen LogP contribution in [-0.4, -0.2) is 40.0 Å². The van der Waals surface area contributed by atoms with Crippen molar-refractivity contribution in [3.05, 3.63) is 29.6 Å². The van der Waals surface area contributed by atoms with Gasteiger partial charge in [0.25, 0.3) is 5.91 Å². The molecule has 0 aromatic carbocycles. The van der Waals surface area contributed by atoms with Crippen molar-refractivity contribution in [2.75, 3.05) is 13.1 Å². The molecular formula is C13H18N2O3. The summed E-state index contributed by atoms with van der Waals surface area (Å²) in [7, 11) is 0. The first-order chi connectivity index (χ1) is 8.60. The lowest BCUT2D eigenvalue weighted by molar-refractivity contribution is 0.0690. The molecule has 18 heavy (non-hydrogen) atoms. The molecule has 5 heteroatoms. The van der Waals surface area contributed by atoms with Gasteiger partial charge in [-0.1, -0.05) is 13.8 Å². The molecule has 0 saturated heterocycles. The Morgan fingerprint density at radius 2 is 1.89 bits per heavy atom. The summed E-state index contributed by atoms with van der Waals surface area (Å²) in [6, 6.07) is 2.87. The molecule has 98 valence electrons. The number of aromatic carboxylic acids is 1. The second kappa shape index (κ2) is 6.74. The minimum absolute atomic E-state index is 0.103. The second-order valence-electron chi connectivity index (χ2n) is 4.03. The summed E-state index contributed by atoms with van der Waals surface area (Å²) in [4.78, 5) is 28.5. The standard InChI is InChI=1S/C13H18N2O3/c1-3-7-15(8-4-2)12(16)10-5-6-14-11(9-10)13(17)18/h5-6,9H,3-4,7-8H2,1-2H3,(H,17,18). The van der Waals surface area contributed by atoms with Gasteiger partial charge in [-0.15, -0.1) is 0 Å². The van der Waals surface area contributed by atoms with Gasteiger partial charge in [-0.3, -0.25) is 4.79 Å². The van der Waals surface area contributed by atoms with Crippen LogP contribution in [0.3, 0.4) is 0 Å². The van der Waals surface area contributed by atoms with Crippen molar-refractivity contribution >= 4 is 11.9 Å². The van der Waals surface area contributed by atoms with Gasteiger partial charge in [0.2, 0.25) is 0 Å². The van der Waals surface area contributed by atoms with E-state index in [1.807, 2.05) is 13.8 Å². The fraction of sp³-hybridized carbons (Fsp3) is 0.462. The highest BCUT2D eigenvalue weighted by Gasteiger charge is 2.16. The van der Waals surface area contributed by atoms with Crippen LogP contribution in [0.5, 0.6) is 0 Å². The van der Waals surface area contributed by atoms with Crippen molar-refractivity contribution in [2.24, 2.45) is 0 Å². The highest BCUT2D eigenvalue weighted by Crippen LogP contribution is 2.08. The minimum atomic E-state index is -1.12. The van der Waals surface area contributed by atoms with Crippen LogP contribution in [0, 0.1) is 0 Å². The Bertz CT molecular complexity index is 426. The van der Waals surface area contributed by atoms with Crippen LogP contribution in [0.4, 0.5) is 0 Å². The molecular weight excluding hydrogens is 232 g/mol. The number of hydrogen-bond donors (Lipinski definition) is 1. The SMILES string of the molecule is CCCN(CCC)C(=O)c1ccnc(C(=O)O)c1. The predicted octanol–water partition coefficient (Wildman–Crippen LogP) is 2.04. The number of rotatable bonds is 6. The van der Waals surface area contributed by atoms with E-state index in [-0.39, 0.29) is 11.6 Å². The van der Waals surface area contributed by atoms with Gasteiger partial charge in [0.1, 0.15) is 5.69 Å². The Balaban J connectivity index is 2.93. The second-order valence-corrected chi connectivity index (χ2v) is 4.03. The number of carbonyl (C=O) groups excluding carboxylic acids is 1. The van der Waals surface area contributed by atoms with Gasteiger partial charge < -0.3 is 10.0 Å². The van der Waals surface area contributed by atoms with Crippen LogP contribution in [0.2, 0.25) is 0 Å². The van der Waals surface area contributed by atoms with Crippen molar-refractivity contribution < 1.29 is 14.7 Å². The van der Waals surface area contributed by atoms with Crippen LogP contribution in [0.15, 0.2) is 18.3 Å². The third-order valence-corrected chi connectivity index (χ3v) is 2.50. The number of nitrogens with zero attached hydrogens (tertiary/aromatic N) is 2. The summed E-state index contributed by atoms with van der Waals surface area (Å²) in [5, 5.41) is 8.85. The summed E-state index contributed by atoms with van der Waals surface area (Å²) < 4.78 is 0. The molecule has 0 aliphatic rings. The molecule has 0 unspecified atom stereocenters. The van der Waals surface area contributed by atoms with E-state index in [2.05, 4.69) is 4.98 Å². The Morgan fingerprint density at radius 3 is 2.39 bits per heavy atom. The van der Waals surface area contributed by atoms with E-state index in [0.717, 1.165) is 12.8 Å². The number of carboxylic acids is 1. The quantitative estimate of drug-likeness (QED) is 0.838. The van der Waals surface area contributed by atoms with Crippen LogP contribution >= 0.6 is 0 Å². The van der Waals surface area contributed by atoms with E-state index in [1.165, 1.54) is 12.3 Å². The van der Waals surface area contributed by atoms with Gasteiger partial charge in [0.15, 0.2) is 0 Å². The highest BCUT2D eigenvalue weighted by molar-refractivity contribution is 5.96. The van der Waals surface area contributed by atoms with Gasteiger partial charge in [-0.25, -0.2) is 9.78 Å². The normalized spacial score (nSPS) is 10.1. The van der Waals surface area contributed by atoms with Gasteiger partial charge in [0.05, 0.1) is 0 Å². The smallest absolute Gasteiger partial charge is 0.354 e. The fourth-order valence-corrected chi connectivity index (χ4v) is 1.72. The van der Waals surface area contributed by atoms with Crippen molar-refractivity contribution in [3.63, 3.8) is 0 Å². The first-order valence-corrected chi connectivity index (χ1v) is 6.08. The maximum atomic E-state index is 12.2. The van der Waals surface area contributed by atoms with Crippen molar-refractivity contribution in [1.82, 2.24) is 9.88 Å². The molecule has 0 fully saturated rings. The van der Waals surface area contributed by atoms with Crippen molar-refractivity contribution in [3.8, 4) is 0 Å². The average Bonchev–Trinajstić information content (AvgIpc) is 2.38. The average molecular weight is 250 g/mol. The summed E-state index contributed by atoms with van der Waals surface area (Å²) in [6.07, 6.45) is 3.11. The molecule has 1 amide bonds. The first kappa shape index (κ1) is 14.2. The molecule has 0 spiro atoms. The zero-order valence-corrected chi connectivity index (χ0v) is 10.7. The molecule has 0 radical (unpaired) electrons. The van der Waals surface area contributed by atoms with Gasteiger partial charge >= 0.3 is 5.97 Å². The minimum Gasteiger partial charge on any atom is -0.477 e. The van der Waals surface area contributed by atoms with E-state index in [9.17, 15) is 9.59 Å². The molecule has 1 rings (SSSR count). The molecule has 1 aromatic heterocycles. The zero-order valence-electron chi connectivity index (χ0n) is 10.7. The molecule has 5 nitrogen and oxygen atoms in total. The summed E-state index contributed by atoms with van der Waals surface area (Å²) >= 11 is 0. The predicted molar refractivity (Wildman–Crippen MR) is 67.7 cm³/mol. The first-order valence-electron chi connectivity index (χ1n) is 6.08. The van der Waals surface area contributed by atoms with Gasteiger partial charge in [-0.05, 0) is 25.0 Å². The number of aromatic nitrogens is 1. The third-order valence-electron chi connectivity index (χ3n) is 2.50. The topological polar surface area (TPSA) is 70.5 Å². The molecule has 0 atom stereocenters. The van der Waals surface area contributed by atoms with Crippen LogP contribution in [0.1, 0.15) is 47.5 Å². The molecule has 0 bridgehead atoms. The Kier molecular flexibility index (Phi) is 5.30. The lowest BCUT2D eigenvalue weighted by Gasteiger charge is -2.21. The monoisotopic (exact) mass is 250 g/mol. The Hall–Kier alpha value is -1.91. The Labute approximate surface area is 106 Å². The van der Waals surface area contributed by atoms with E-state index in [0.29, 0.717) is 18.7 Å². The fourth-order valence-electron chi connectivity index (χ4n) is 1.72. The van der Waals surface area contributed by atoms with Crippen LogP contribution in [-0.2, 0) is 0 Å². The molecule has 0 saturated carbocycles. The number of amides is 1. The van der Waals surface area contributed by atoms with E-state index < -0.39 is 5.97 Å². The molecule has 0 aliphatic carbocycles.